The van der Waals surface area contributed by atoms with Crippen LogP contribution in [0.2, 0.25) is 0 Å². The Bertz CT molecular complexity index is 338. The van der Waals surface area contributed by atoms with E-state index >= 15 is 0 Å². The summed E-state index contributed by atoms with van der Waals surface area (Å²) >= 11 is 0. The molecule has 1 atom stereocenters. The molecule has 1 fully saturated rings. The molecule has 110 valence electrons. The molecule has 1 saturated heterocycles. The van der Waals surface area contributed by atoms with Gasteiger partial charge < -0.3 is 19.3 Å². The third-order valence-corrected chi connectivity index (χ3v) is 2.90. The second-order valence-electron chi connectivity index (χ2n) is 5.75. The van der Waals surface area contributed by atoms with Crippen LogP contribution >= 0.6 is 0 Å². The molecule has 0 unspecified atom stereocenters. The molecule has 6 heteroatoms. The van der Waals surface area contributed by atoms with Gasteiger partial charge in [0.25, 0.3) is 0 Å². The number of carbonyl (C=O) groups excluding carboxylic acids is 2. The number of nitrogens with zero attached hydrogens (tertiary/aromatic N) is 2. The first-order valence-electron chi connectivity index (χ1n) is 6.48. The summed E-state index contributed by atoms with van der Waals surface area (Å²) in [6.45, 7) is 8.92. The second-order valence-corrected chi connectivity index (χ2v) is 5.75. The smallest absolute Gasteiger partial charge is 0.410 e. The maximum atomic E-state index is 12.0. The average Bonchev–Trinajstić information content (AvgIpc) is 2.26. The summed E-state index contributed by atoms with van der Waals surface area (Å²) in [5.41, 5.74) is -0.508. The fourth-order valence-electron chi connectivity index (χ4n) is 2.10. The topological polar surface area (TPSA) is 59.1 Å². The quantitative estimate of drug-likeness (QED) is 0.755. The Labute approximate surface area is 114 Å². The molecule has 0 aliphatic carbocycles. The van der Waals surface area contributed by atoms with Crippen LogP contribution in [0.1, 0.15) is 27.7 Å². The van der Waals surface area contributed by atoms with Gasteiger partial charge in [0.05, 0.1) is 12.6 Å². The molecule has 0 spiro atoms. The van der Waals surface area contributed by atoms with Crippen molar-refractivity contribution in [3.8, 4) is 0 Å². The highest BCUT2D eigenvalue weighted by Gasteiger charge is 2.32. The fourth-order valence-corrected chi connectivity index (χ4v) is 2.10. The lowest BCUT2D eigenvalue weighted by Crippen LogP contribution is -2.58. The number of ether oxygens (including phenoxy) is 2. The monoisotopic (exact) mass is 272 g/mol. The van der Waals surface area contributed by atoms with Crippen LogP contribution in [0.25, 0.3) is 0 Å². The van der Waals surface area contributed by atoms with Crippen LogP contribution < -0.4 is 0 Å². The van der Waals surface area contributed by atoms with Crippen molar-refractivity contribution in [3.05, 3.63) is 0 Å². The fraction of sp³-hybridized carbons (Fsp3) is 0.846. The van der Waals surface area contributed by atoms with Crippen molar-refractivity contribution < 1.29 is 19.1 Å². The van der Waals surface area contributed by atoms with E-state index in [2.05, 4.69) is 0 Å². The summed E-state index contributed by atoms with van der Waals surface area (Å²) in [5.74, 6) is 0.00545. The highest BCUT2D eigenvalue weighted by molar-refractivity contribution is 5.74. The Morgan fingerprint density at radius 3 is 2.37 bits per heavy atom. The first-order chi connectivity index (χ1) is 8.74. The third-order valence-electron chi connectivity index (χ3n) is 2.90. The minimum absolute atomic E-state index is 0.00545. The van der Waals surface area contributed by atoms with E-state index in [-0.39, 0.29) is 18.0 Å². The summed E-state index contributed by atoms with van der Waals surface area (Å²) in [6.07, 6.45) is -0.336. The standard InChI is InChI=1S/C13H24N2O4/c1-10(16)15-7-6-14(8-11(15)9-18-5)12(17)19-13(2,3)4/h11H,6-9H2,1-5H3/t11-/m0/s1. The Morgan fingerprint density at radius 1 is 1.26 bits per heavy atom. The van der Waals surface area contributed by atoms with Crippen LogP contribution in [0.3, 0.4) is 0 Å². The van der Waals surface area contributed by atoms with Crippen LogP contribution in [0.15, 0.2) is 0 Å². The Balaban J connectivity index is 2.65. The van der Waals surface area contributed by atoms with Crippen molar-refractivity contribution in [2.45, 2.75) is 39.3 Å². The van der Waals surface area contributed by atoms with Gasteiger partial charge in [-0.1, -0.05) is 0 Å². The number of carbonyl (C=O) groups is 2. The summed E-state index contributed by atoms with van der Waals surface area (Å²) in [6, 6.07) is -0.108. The van der Waals surface area contributed by atoms with Gasteiger partial charge in [0.15, 0.2) is 0 Å². The second kappa shape index (κ2) is 6.23. The van der Waals surface area contributed by atoms with Gasteiger partial charge in [-0.2, -0.15) is 0 Å². The van der Waals surface area contributed by atoms with Crippen molar-refractivity contribution in [2.75, 3.05) is 33.4 Å². The van der Waals surface area contributed by atoms with E-state index in [0.717, 1.165) is 0 Å². The number of piperazine rings is 1. The first-order valence-corrected chi connectivity index (χ1v) is 6.48. The molecule has 2 amide bonds. The molecule has 0 aromatic heterocycles. The maximum Gasteiger partial charge on any atom is 0.410 e. The van der Waals surface area contributed by atoms with Crippen molar-refractivity contribution >= 4 is 12.0 Å². The lowest BCUT2D eigenvalue weighted by atomic mass is 10.1. The molecule has 1 heterocycles. The highest BCUT2D eigenvalue weighted by Crippen LogP contribution is 2.15. The molecule has 0 N–H and O–H groups in total. The molecule has 0 aromatic carbocycles. The zero-order chi connectivity index (χ0) is 14.6. The van der Waals surface area contributed by atoms with Gasteiger partial charge >= 0.3 is 6.09 Å². The third kappa shape index (κ3) is 4.70. The van der Waals surface area contributed by atoms with Gasteiger partial charge in [0, 0.05) is 33.7 Å². The molecular formula is C13H24N2O4. The molecule has 0 bridgehead atoms. The van der Waals surface area contributed by atoms with Crippen molar-refractivity contribution in [1.82, 2.24) is 9.80 Å². The zero-order valence-electron chi connectivity index (χ0n) is 12.4. The van der Waals surface area contributed by atoms with Crippen LogP contribution in [0.5, 0.6) is 0 Å². The summed E-state index contributed by atoms with van der Waals surface area (Å²) in [4.78, 5) is 26.9. The molecule has 0 aromatic rings. The molecule has 1 aliphatic rings. The van der Waals surface area contributed by atoms with Gasteiger partial charge in [0.2, 0.25) is 5.91 Å². The Hall–Kier alpha value is -1.30. The molecule has 6 nitrogen and oxygen atoms in total. The lowest BCUT2D eigenvalue weighted by molar-refractivity contribution is -0.135. The summed E-state index contributed by atoms with van der Waals surface area (Å²) in [5, 5.41) is 0. The van der Waals surface area contributed by atoms with Crippen LogP contribution in [0.4, 0.5) is 4.79 Å². The minimum atomic E-state index is -0.508. The largest absolute Gasteiger partial charge is 0.444 e. The van der Waals surface area contributed by atoms with E-state index in [1.807, 2.05) is 20.8 Å². The van der Waals surface area contributed by atoms with Crippen LogP contribution in [-0.4, -0.2) is 66.8 Å². The number of rotatable bonds is 2. The summed E-state index contributed by atoms with van der Waals surface area (Å²) in [7, 11) is 1.59. The number of methoxy groups -OCH3 is 1. The Kier molecular flexibility index (Phi) is 5.17. The van der Waals surface area contributed by atoms with E-state index in [4.69, 9.17) is 9.47 Å². The zero-order valence-corrected chi connectivity index (χ0v) is 12.4. The van der Waals surface area contributed by atoms with Crippen molar-refractivity contribution in [3.63, 3.8) is 0 Å². The molecule has 0 radical (unpaired) electrons. The van der Waals surface area contributed by atoms with Crippen molar-refractivity contribution in [2.24, 2.45) is 0 Å². The molecule has 0 saturated carbocycles. The predicted molar refractivity (Wildman–Crippen MR) is 70.9 cm³/mol. The van der Waals surface area contributed by atoms with E-state index in [9.17, 15) is 9.59 Å². The highest BCUT2D eigenvalue weighted by atomic mass is 16.6. The number of hydrogen-bond donors (Lipinski definition) is 0. The maximum absolute atomic E-state index is 12.0. The van der Waals surface area contributed by atoms with Crippen LogP contribution in [0, 0.1) is 0 Å². The Morgan fingerprint density at radius 2 is 1.89 bits per heavy atom. The van der Waals surface area contributed by atoms with Gasteiger partial charge in [-0.3, -0.25) is 4.79 Å². The molecule has 1 aliphatic heterocycles. The minimum Gasteiger partial charge on any atom is -0.444 e. The SMILES string of the molecule is COC[C@@H]1CN(C(=O)OC(C)(C)C)CCN1C(C)=O. The summed E-state index contributed by atoms with van der Waals surface area (Å²) < 4.78 is 10.5. The van der Waals surface area contributed by atoms with Gasteiger partial charge in [-0.15, -0.1) is 0 Å². The number of amides is 2. The van der Waals surface area contributed by atoms with Gasteiger partial charge in [0.1, 0.15) is 5.60 Å². The van der Waals surface area contributed by atoms with E-state index in [0.29, 0.717) is 26.2 Å². The normalized spacial score (nSPS) is 20.4. The van der Waals surface area contributed by atoms with Gasteiger partial charge in [-0.25, -0.2) is 4.79 Å². The molecule has 1 rings (SSSR count). The van der Waals surface area contributed by atoms with E-state index < -0.39 is 5.60 Å². The van der Waals surface area contributed by atoms with Gasteiger partial charge in [-0.05, 0) is 20.8 Å². The average molecular weight is 272 g/mol. The van der Waals surface area contributed by atoms with Crippen molar-refractivity contribution in [1.29, 1.82) is 0 Å². The number of hydrogen-bond acceptors (Lipinski definition) is 4. The van der Waals surface area contributed by atoms with E-state index in [1.54, 1.807) is 16.9 Å². The van der Waals surface area contributed by atoms with Crippen LogP contribution in [-0.2, 0) is 14.3 Å². The molecular weight excluding hydrogens is 248 g/mol. The lowest BCUT2D eigenvalue weighted by Gasteiger charge is -2.40. The molecule has 19 heavy (non-hydrogen) atoms. The predicted octanol–water partition coefficient (Wildman–Crippen LogP) is 1.10. The first kappa shape index (κ1) is 15.8. The van der Waals surface area contributed by atoms with E-state index in [1.165, 1.54) is 6.92 Å².